The average molecular weight is 421 g/mol. The Balaban J connectivity index is 1.80. The molecular weight excluding hydrogens is 404 g/mol. The van der Waals surface area contributed by atoms with Gasteiger partial charge in [0.1, 0.15) is 5.82 Å². The standard InChI is InChI=1S/C15H17BrN8S/c1-8(11-18-13(17)21-14(19-11)24(2)3)25-15-20-12(22-23-15)9-6-4-5-7-10(9)16/h4-8H,1-3H3,(H,20,22,23)(H2,17,18,19,21)/t8-/m1/s1. The fourth-order valence-corrected chi connectivity index (χ4v) is 3.30. The fraction of sp³-hybridized carbons (Fsp3) is 0.267. The van der Waals surface area contributed by atoms with Crippen LogP contribution < -0.4 is 10.6 Å². The summed E-state index contributed by atoms with van der Waals surface area (Å²) in [5, 5.41) is 7.77. The highest BCUT2D eigenvalue weighted by molar-refractivity contribution is 9.10. The molecule has 0 unspecified atom stereocenters. The lowest BCUT2D eigenvalue weighted by atomic mass is 10.2. The Morgan fingerprint density at radius 2 is 1.92 bits per heavy atom. The summed E-state index contributed by atoms with van der Waals surface area (Å²) in [6.07, 6.45) is 0. The van der Waals surface area contributed by atoms with Gasteiger partial charge in [-0.25, -0.2) is 4.98 Å². The highest BCUT2D eigenvalue weighted by Gasteiger charge is 2.17. The molecule has 130 valence electrons. The molecule has 25 heavy (non-hydrogen) atoms. The average Bonchev–Trinajstić information content (AvgIpc) is 3.02. The predicted molar refractivity (Wildman–Crippen MR) is 102 cm³/mol. The lowest BCUT2D eigenvalue weighted by molar-refractivity contribution is 0.858. The minimum absolute atomic E-state index is 0.0770. The van der Waals surface area contributed by atoms with Gasteiger partial charge in [0.15, 0.2) is 5.82 Å². The Morgan fingerprint density at radius 1 is 1.16 bits per heavy atom. The van der Waals surface area contributed by atoms with Crippen molar-refractivity contribution in [1.82, 2.24) is 30.1 Å². The lowest BCUT2D eigenvalue weighted by Gasteiger charge is -2.13. The van der Waals surface area contributed by atoms with Crippen LogP contribution in [0.3, 0.4) is 0 Å². The first kappa shape index (κ1) is 17.6. The van der Waals surface area contributed by atoms with E-state index in [1.54, 1.807) is 4.90 Å². The van der Waals surface area contributed by atoms with Crippen molar-refractivity contribution in [2.75, 3.05) is 24.7 Å². The van der Waals surface area contributed by atoms with E-state index in [-0.39, 0.29) is 11.2 Å². The van der Waals surface area contributed by atoms with Gasteiger partial charge in [-0.05, 0) is 13.0 Å². The topological polar surface area (TPSA) is 110 Å². The number of nitrogen functional groups attached to an aromatic ring is 1. The third kappa shape index (κ3) is 4.07. The van der Waals surface area contributed by atoms with Gasteiger partial charge in [-0.3, -0.25) is 5.10 Å². The Bertz CT molecular complexity index is 881. The zero-order chi connectivity index (χ0) is 18.0. The highest BCUT2D eigenvalue weighted by atomic mass is 79.9. The minimum Gasteiger partial charge on any atom is -0.368 e. The molecule has 0 saturated carbocycles. The molecule has 2 heterocycles. The van der Waals surface area contributed by atoms with Gasteiger partial charge in [-0.15, -0.1) is 5.10 Å². The number of aromatic nitrogens is 6. The first-order chi connectivity index (χ1) is 11.9. The van der Waals surface area contributed by atoms with Gasteiger partial charge in [-0.2, -0.15) is 15.0 Å². The third-order valence-electron chi connectivity index (χ3n) is 3.30. The molecule has 8 nitrogen and oxygen atoms in total. The molecule has 0 radical (unpaired) electrons. The molecule has 0 saturated heterocycles. The van der Waals surface area contributed by atoms with Crippen molar-refractivity contribution in [1.29, 1.82) is 0 Å². The third-order valence-corrected chi connectivity index (χ3v) is 4.95. The number of nitrogens with zero attached hydrogens (tertiary/aromatic N) is 6. The highest BCUT2D eigenvalue weighted by Crippen LogP contribution is 2.33. The number of hydrogen-bond acceptors (Lipinski definition) is 8. The van der Waals surface area contributed by atoms with Crippen LogP contribution in [0.25, 0.3) is 11.4 Å². The van der Waals surface area contributed by atoms with Crippen LogP contribution in [0.2, 0.25) is 0 Å². The van der Waals surface area contributed by atoms with E-state index in [1.165, 1.54) is 11.8 Å². The summed E-state index contributed by atoms with van der Waals surface area (Å²) in [7, 11) is 3.71. The largest absolute Gasteiger partial charge is 0.368 e. The van der Waals surface area contributed by atoms with Crippen molar-refractivity contribution in [3.8, 4) is 11.4 Å². The van der Waals surface area contributed by atoms with E-state index in [0.717, 1.165) is 10.0 Å². The number of rotatable bonds is 5. The van der Waals surface area contributed by atoms with Crippen molar-refractivity contribution >= 4 is 39.6 Å². The quantitative estimate of drug-likeness (QED) is 0.606. The summed E-state index contributed by atoms with van der Waals surface area (Å²) in [5.41, 5.74) is 6.74. The molecule has 0 aliphatic rings. The molecule has 1 aromatic carbocycles. The molecule has 1 atom stereocenters. The van der Waals surface area contributed by atoms with Gasteiger partial charge in [-0.1, -0.05) is 45.9 Å². The van der Waals surface area contributed by atoms with E-state index in [9.17, 15) is 0 Å². The number of hydrogen-bond donors (Lipinski definition) is 2. The molecule has 0 aliphatic carbocycles. The number of aromatic amines is 1. The number of halogens is 1. The summed E-state index contributed by atoms with van der Waals surface area (Å²) < 4.78 is 0.955. The van der Waals surface area contributed by atoms with Gasteiger partial charge in [0.05, 0.1) is 5.25 Å². The fourth-order valence-electron chi connectivity index (χ4n) is 2.06. The van der Waals surface area contributed by atoms with E-state index in [2.05, 4.69) is 46.1 Å². The van der Waals surface area contributed by atoms with Gasteiger partial charge in [0, 0.05) is 24.1 Å². The van der Waals surface area contributed by atoms with E-state index in [0.29, 0.717) is 22.8 Å². The van der Waals surface area contributed by atoms with Crippen LogP contribution in [-0.2, 0) is 0 Å². The minimum atomic E-state index is -0.0770. The lowest BCUT2D eigenvalue weighted by Crippen LogP contribution is -2.16. The maximum Gasteiger partial charge on any atom is 0.229 e. The smallest absolute Gasteiger partial charge is 0.229 e. The number of anilines is 2. The second kappa shape index (κ2) is 7.36. The molecule has 2 aromatic heterocycles. The van der Waals surface area contributed by atoms with Crippen molar-refractivity contribution in [3.05, 3.63) is 34.6 Å². The molecule has 3 N–H and O–H groups in total. The Labute approximate surface area is 157 Å². The molecule has 3 aromatic rings. The van der Waals surface area contributed by atoms with Crippen LogP contribution >= 0.6 is 27.7 Å². The maximum atomic E-state index is 5.78. The molecule has 0 aliphatic heterocycles. The summed E-state index contributed by atoms with van der Waals surface area (Å²) in [4.78, 5) is 19.1. The van der Waals surface area contributed by atoms with E-state index >= 15 is 0 Å². The van der Waals surface area contributed by atoms with Crippen molar-refractivity contribution in [2.45, 2.75) is 17.3 Å². The molecule has 0 spiro atoms. The molecule has 0 bridgehead atoms. The van der Waals surface area contributed by atoms with Crippen LogP contribution in [0, 0.1) is 0 Å². The molecule has 10 heteroatoms. The Kier molecular flexibility index (Phi) is 5.19. The Morgan fingerprint density at radius 3 is 2.64 bits per heavy atom. The van der Waals surface area contributed by atoms with E-state index in [1.807, 2.05) is 45.3 Å². The second-order valence-corrected chi connectivity index (χ2v) is 7.62. The maximum absolute atomic E-state index is 5.78. The van der Waals surface area contributed by atoms with Gasteiger partial charge in [0.25, 0.3) is 0 Å². The number of nitrogens with two attached hydrogens (primary N) is 1. The SMILES string of the molecule is C[C@@H](Sc1n[nH]c(-c2ccccc2Br)n1)c1nc(N)nc(N(C)C)n1. The number of H-pyrrole nitrogens is 1. The van der Waals surface area contributed by atoms with Crippen LogP contribution in [0.15, 0.2) is 33.9 Å². The monoisotopic (exact) mass is 420 g/mol. The van der Waals surface area contributed by atoms with E-state index < -0.39 is 0 Å². The normalized spacial score (nSPS) is 12.2. The summed E-state index contributed by atoms with van der Waals surface area (Å²) in [6, 6.07) is 7.84. The van der Waals surface area contributed by atoms with Gasteiger partial charge < -0.3 is 10.6 Å². The van der Waals surface area contributed by atoms with Crippen molar-refractivity contribution in [3.63, 3.8) is 0 Å². The molecule has 3 rings (SSSR count). The first-order valence-corrected chi connectivity index (χ1v) is 9.14. The molecular formula is C15H17BrN8S. The zero-order valence-corrected chi connectivity index (χ0v) is 16.3. The number of benzene rings is 1. The summed E-state index contributed by atoms with van der Waals surface area (Å²) >= 11 is 4.97. The van der Waals surface area contributed by atoms with Crippen molar-refractivity contribution in [2.24, 2.45) is 0 Å². The first-order valence-electron chi connectivity index (χ1n) is 7.46. The van der Waals surface area contributed by atoms with Crippen LogP contribution in [0.5, 0.6) is 0 Å². The molecule has 0 fully saturated rings. The van der Waals surface area contributed by atoms with Crippen LogP contribution in [-0.4, -0.2) is 44.2 Å². The van der Waals surface area contributed by atoms with Crippen LogP contribution in [0.4, 0.5) is 11.9 Å². The summed E-state index contributed by atoms with van der Waals surface area (Å²) in [5.74, 6) is 2.02. The zero-order valence-electron chi connectivity index (χ0n) is 13.9. The van der Waals surface area contributed by atoms with Gasteiger partial charge in [0.2, 0.25) is 17.1 Å². The van der Waals surface area contributed by atoms with Crippen LogP contribution in [0.1, 0.15) is 18.0 Å². The Hall–Kier alpha value is -2.20. The molecule has 0 amide bonds. The van der Waals surface area contributed by atoms with Crippen molar-refractivity contribution < 1.29 is 0 Å². The number of thioether (sulfide) groups is 1. The second-order valence-electron chi connectivity index (χ2n) is 5.45. The predicted octanol–water partition coefficient (Wildman–Crippen LogP) is 2.92. The number of nitrogens with one attached hydrogen (secondary N) is 1. The summed E-state index contributed by atoms with van der Waals surface area (Å²) in [6.45, 7) is 1.98. The van der Waals surface area contributed by atoms with Gasteiger partial charge >= 0.3 is 0 Å². The van der Waals surface area contributed by atoms with E-state index in [4.69, 9.17) is 5.73 Å².